The first-order valence-corrected chi connectivity index (χ1v) is 8.02. The molecule has 0 aliphatic heterocycles. The average Bonchev–Trinajstić information content (AvgIpc) is 3.10. The zero-order chi connectivity index (χ0) is 13.3. The number of carbonyl (C=O) groups is 1. The molecule has 100 valence electrons. The summed E-state index contributed by atoms with van der Waals surface area (Å²) in [7, 11) is 3.71. The number of nitrogens with zero attached hydrogens (tertiary/aromatic N) is 1. The van der Waals surface area contributed by atoms with E-state index in [-0.39, 0.29) is 5.91 Å². The molecular weight excluding hydrogens is 266 g/mol. The number of carbonyl (C=O) groups excluding carboxylic acids is 1. The standard InChI is InChI=1S/C12H19N3OS2/c1-14-11(16)9-8(13)10(17-3)12(18-9)15(2)6-7-4-5-7/h7H,4-6,13H2,1-3H3,(H,14,16). The molecule has 0 spiro atoms. The van der Waals surface area contributed by atoms with Crippen molar-refractivity contribution in [1.82, 2.24) is 5.32 Å². The maximum Gasteiger partial charge on any atom is 0.263 e. The molecule has 4 nitrogen and oxygen atoms in total. The number of hydrogen-bond donors (Lipinski definition) is 2. The first kappa shape index (κ1) is 13.5. The predicted octanol–water partition coefficient (Wildman–Crippen LogP) is 2.26. The fourth-order valence-electron chi connectivity index (χ4n) is 1.92. The highest BCUT2D eigenvalue weighted by atomic mass is 32.2. The lowest BCUT2D eigenvalue weighted by atomic mass is 10.3. The van der Waals surface area contributed by atoms with Crippen molar-refractivity contribution in [2.75, 3.05) is 37.5 Å². The molecule has 0 unspecified atom stereocenters. The van der Waals surface area contributed by atoms with Gasteiger partial charge >= 0.3 is 0 Å². The number of amides is 1. The Morgan fingerprint density at radius 3 is 2.78 bits per heavy atom. The van der Waals surface area contributed by atoms with Crippen molar-refractivity contribution in [2.24, 2.45) is 5.92 Å². The summed E-state index contributed by atoms with van der Waals surface area (Å²) in [6, 6.07) is 0. The van der Waals surface area contributed by atoms with Gasteiger partial charge in [0.25, 0.3) is 5.91 Å². The van der Waals surface area contributed by atoms with Gasteiger partial charge in [-0.2, -0.15) is 0 Å². The van der Waals surface area contributed by atoms with Crippen molar-refractivity contribution in [3.8, 4) is 0 Å². The van der Waals surface area contributed by atoms with Crippen LogP contribution in [0.4, 0.5) is 10.7 Å². The highest BCUT2D eigenvalue weighted by molar-refractivity contribution is 7.99. The lowest BCUT2D eigenvalue weighted by Crippen LogP contribution is -2.19. The molecular formula is C12H19N3OS2. The lowest BCUT2D eigenvalue weighted by molar-refractivity contribution is 0.0968. The van der Waals surface area contributed by atoms with Crippen LogP contribution in [0, 0.1) is 5.92 Å². The summed E-state index contributed by atoms with van der Waals surface area (Å²) in [5, 5.41) is 3.76. The molecule has 1 aliphatic carbocycles. The van der Waals surface area contributed by atoms with Crippen molar-refractivity contribution >= 4 is 39.7 Å². The second kappa shape index (κ2) is 5.40. The van der Waals surface area contributed by atoms with Crippen LogP contribution in [-0.4, -0.2) is 32.8 Å². The molecule has 0 bridgehead atoms. The topological polar surface area (TPSA) is 58.4 Å². The second-order valence-corrected chi connectivity index (χ2v) is 6.40. The van der Waals surface area contributed by atoms with Gasteiger partial charge < -0.3 is 16.0 Å². The number of rotatable bonds is 5. The van der Waals surface area contributed by atoms with Crippen molar-refractivity contribution in [2.45, 2.75) is 17.7 Å². The summed E-state index contributed by atoms with van der Waals surface area (Å²) in [5.41, 5.74) is 6.69. The van der Waals surface area contributed by atoms with Crippen LogP contribution in [0.2, 0.25) is 0 Å². The zero-order valence-corrected chi connectivity index (χ0v) is 12.6. The molecule has 0 radical (unpaired) electrons. The van der Waals surface area contributed by atoms with Gasteiger partial charge in [0, 0.05) is 20.6 Å². The Morgan fingerprint density at radius 2 is 2.28 bits per heavy atom. The van der Waals surface area contributed by atoms with E-state index in [1.165, 1.54) is 24.2 Å². The van der Waals surface area contributed by atoms with Gasteiger partial charge in [-0.1, -0.05) is 0 Å². The third kappa shape index (κ3) is 2.59. The Balaban J connectivity index is 2.30. The number of thiophene rings is 1. The van der Waals surface area contributed by atoms with E-state index in [4.69, 9.17) is 5.73 Å². The van der Waals surface area contributed by atoms with E-state index in [0.29, 0.717) is 10.6 Å². The maximum atomic E-state index is 11.8. The van der Waals surface area contributed by atoms with Gasteiger partial charge in [0.2, 0.25) is 0 Å². The highest BCUT2D eigenvalue weighted by Gasteiger charge is 2.27. The van der Waals surface area contributed by atoms with E-state index >= 15 is 0 Å². The molecule has 1 amide bonds. The largest absolute Gasteiger partial charge is 0.396 e. The third-order valence-corrected chi connectivity index (χ3v) is 5.36. The quantitative estimate of drug-likeness (QED) is 0.815. The minimum absolute atomic E-state index is 0.0983. The molecule has 1 aromatic heterocycles. The van der Waals surface area contributed by atoms with Crippen LogP contribution in [-0.2, 0) is 0 Å². The summed E-state index contributed by atoms with van der Waals surface area (Å²) in [5.74, 6) is 0.718. The van der Waals surface area contributed by atoms with Gasteiger partial charge in [0.15, 0.2) is 0 Å². The fraction of sp³-hybridized carbons (Fsp3) is 0.583. The van der Waals surface area contributed by atoms with Gasteiger partial charge in [-0.15, -0.1) is 23.1 Å². The predicted molar refractivity (Wildman–Crippen MR) is 79.9 cm³/mol. The van der Waals surface area contributed by atoms with Crippen molar-refractivity contribution in [1.29, 1.82) is 0 Å². The summed E-state index contributed by atoms with van der Waals surface area (Å²) >= 11 is 3.10. The van der Waals surface area contributed by atoms with Crippen molar-refractivity contribution in [3.63, 3.8) is 0 Å². The Bertz CT molecular complexity index is 454. The first-order valence-electron chi connectivity index (χ1n) is 5.98. The van der Waals surface area contributed by atoms with Gasteiger partial charge in [-0.3, -0.25) is 4.79 Å². The van der Waals surface area contributed by atoms with E-state index in [1.807, 2.05) is 6.26 Å². The first-order chi connectivity index (χ1) is 8.58. The summed E-state index contributed by atoms with van der Waals surface area (Å²) in [4.78, 5) is 15.7. The summed E-state index contributed by atoms with van der Waals surface area (Å²) in [6.45, 7) is 1.06. The van der Waals surface area contributed by atoms with Crippen LogP contribution < -0.4 is 16.0 Å². The SMILES string of the molecule is CNC(=O)c1sc(N(C)CC2CC2)c(SC)c1N. The third-order valence-electron chi connectivity index (χ3n) is 3.10. The van der Waals surface area contributed by atoms with Crippen LogP contribution in [0.15, 0.2) is 4.90 Å². The molecule has 18 heavy (non-hydrogen) atoms. The lowest BCUT2D eigenvalue weighted by Gasteiger charge is -2.18. The number of anilines is 2. The molecule has 2 rings (SSSR count). The van der Waals surface area contributed by atoms with Crippen LogP contribution in [0.25, 0.3) is 0 Å². The highest BCUT2D eigenvalue weighted by Crippen LogP contribution is 2.44. The molecule has 1 fully saturated rings. The number of hydrogen-bond acceptors (Lipinski definition) is 5. The van der Waals surface area contributed by atoms with E-state index in [0.717, 1.165) is 22.4 Å². The van der Waals surface area contributed by atoms with Gasteiger partial charge in [0.1, 0.15) is 9.88 Å². The molecule has 3 N–H and O–H groups in total. The normalized spacial score (nSPS) is 14.6. The van der Waals surface area contributed by atoms with Gasteiger partial charge in [0.05, 0.1) is 10.6 Å². The molecule has 0 aromatic carbocycles. The smallest absolute Gasteiger partial charge is 0.263 e. The molecule has 0 saturated heterocycles. The Labute approximate surface area is 116 Å². The number of nitrogens with one attached hydrogen (secondary N) is 1. The van der Waals surface area contributed by atoms with Crippen LogP contribution in [0.1, 0.15) is 22.5 Å². The van der Waals surface area contributed by atoms with E-state index in [1.54, 1.807) is 18.8 Å². The van der Waals surface area contributed by atoms with Gasteiger partial charge in [-0.05, 0) is 25.0 Å². The number of nitrogen functional groups attached to an aromatic ring is 1. The minimum atomic E-state index is -0.0983. The van der Waals surface area contributed by atoms with E-state index in [9.17, 15) is 4.79 Å². The monoisotopic (exact) mass is 285 g/mol. The van der Waals surface area contributed by atoms with Gasteiger partial charge in [-0.25, -0.2) is 0 Å². The van der Waals surface area contributed by atoms with Crippen LogP contribution in [0.3, 0.4) is 0 Å². The molecule has 1 aliphatic rings. The molecule has 1 aromatic rings. The zero-order valence-electron chi connectivity index (χ0n) is 10.9. The van der Waals surface area contributed by atoms with Crippen LogP contribution in [0.5, 0.6) is 0 Å². The minimum Gasteiger partial charge on any atom is -0.396 e. The van der Waals surface area contributed by atoms with E-state index < -0.39 is 0 Å². The molecule has 6 heteroatoms. The number of nitrogens with two attached hydrogens (primary N) is 1. The van der Waals surface area contributed by atoms with E-state index in [2.05, 4.69) is 17.3 Å². The van der Waals surface area contributed by atoms with Crippen molar-refractivity contribution in [3.05, 3.63) is 4.88 Å². The van der Waals surface area contributed by atoms with Crippen LogP contribution >= 0.6 is 23.1 Å². The molecule has 0 atom stereocenters. The molecule has 1 heterocycles. The maximum absolute atomic E-state index is 11.8. The fourth-order valence-corrected chi connectivity index (χ4v) is 4.04. The Hall–Kier alpha value is -0.880. The average molecular weight is 285 g/mol. The number of thioether (sulfide) groups is 1. The second-order valence-electron chi connectivity index (χ2n) is 4.59. The van der Waals surface area contributed by atoms with Crippen molar-refractivity contribution < 1.29 is 4.79 Å². The molecule has 1 saturated carbocycles. The summed E-state index contributed by atoms with van der Waals surface area (Å²) < 4.78 is 0. The summed E-state index contributed by atoms with van der Waals surface area (Å²) in [6.07, 6.45) is 4.64. The Kier molecular flexibility index (Phi) is 4.07. The Morgan fingerprint density at radius 1 is 1.61 bits per heavy atom.